The molecule has 0 spiro atoms. The van der Waals surface area contributed by atoms with Gasteiger partial charge in [-0.2, -0.15) is 0 Å². The minimum Gasteiger partial charge on any atom is -0.480 e. The van der Waals surface area contributed by atoms with Crippen molar-refractivity contribution in [1.82, 2.24) is 14.7 Å². The van der Waals surface area contributed by atoms with Crippen LogP contribution in [0.25, 0.3) is 0 Å². The highest BCUT2D eigenvalue weighted by Gasteiger charge is 2.36. The zero-order chi connectivity index (χ0) is 15.4. The fourth-order valence-electron chi connectivity index (χ4n) is 3.58. The highest BCUT2D eigenvalue weighted by atomic mass is 16.4. The number of carboxylic acids is 1. The summed E-state index contributed by atoms with van der Waals surface area (Å²) in [5.41, 5.74) is 0. The number of carbonyl (C=O) groups is 2. The fourth-order valence-corrected chi connectivity index (χ4v) is 3.58. The predicted molar refractivity (Wildman–Crippen MR) is 80.3 cm³/mol. The highest BCUT2D eigenvalue weighted by Crippen LogP contribution is 2.27. The topological polar surface area (TPSA) is 64.1 Å². The largest absolute Gasteiger partial charge is 0.480 e. The van der Waals surface area contributed by atoms with Gasteiger partial charge >= 0.3 is 12.0 Å². The molecule has 1 saturated carbocycles. The van der Waals surface area contributed by atoms with E-state index in [0.717, 1.165) is 51.6 Å². The van der Waals surface area contributed by atoms with E-state index in [-0.39, 0.29) is 24.7 Å². The third kappa shape index (κ3) is 4.09. The Morgan fingerprint density at radius 2 is 1.81 bits per heavy atom. The summed E-state index contributed by atoms with van der Waals surface area (Å²) in [6.45, 7) is 1.42. The maximum absolute atomic E-state index is 12.8. The van der Waals surface area contributed by atoms with E-state index >= 15 is 0 Å². The third-order valence-corrected chi connectivity index (χ3v) is 4.52. The minimum atomic E-state index is -0.918. The van der Waals surface area contributed by atoms with Crippen LogP contribution in [0.5, 0.6) is 0 Å². The van der Waals surface area contributed by atoms with Crippen LogP contribution in [0, 0.1) is 0 Å². The van der Waals surface area contributed by atoms with Crippen LogP contribution >= 0.6 is 0 Å². The maximum Gasteiger partial charge on any atom is 0.323 e. The molecule has 2 fully saturated rings. The molecule has 1 N–H and O–H groups in total. The number of hydrogen-bond acceptors (Lipinski definition) is 3. The summed E-state index contributed by atoms with van der Waals surface area (Å²) in [6, 6.07) is 0.244. The average molecular weight is 297 g/mol. The van der Waals surface area contributed by atoms with Gasteiger partial charge in [0, 0.05) is 25.2 Å². The van der Waals surface area contributed by atoms with Crippen molar-refractivity contribution < 1.29 is 14.7 Å². The number of rotatable bonds is 5. The average Bonchev–Trinajstić information content (AvgIpc) is 3.05. The molecule has 0 radical (unpaired) electrons. The van der Waals surface area contributed by atoms with Crippen LogP contribution < -0.4 is 0 Å². The number of urea groups is 1. The zero-order valence-electron chi connectivity index (χ0n) is 13.1. The Bertz CT molecular complexity index is 380. The van der Waals surface area contributed by atoms with E-state index in [0.29, 0.717) is 0 Å². The van der Waals surface area contributed by atoms with Crippen molar-refractivity contribution in [1.29, 1.82) is 0 Å². The number of likely N-dealkylation sites (N-methyl/N-ethyl adjacent to an activating group) is 1. The molecular weight excluding hydrogens is 270 g/mol. The molecule has 1 aliphatic carbocycles. The van der Waals surface area contributed by atoms with E-state index in [1.54, 1.807) is 4.90 Å². The quantitative estimate of drug-likeness (QED) is 0.834. The normalized spacial score (nSPS) is 23.0. The van der Waals surface area contributed by atoms with Gasteiger partial charge in [-0.1, -0.05) is 12.8 Å². The van der Waals surface area contributed by atoms with Crippen molar-refractivity contribution >= 4 is 12.0 Å². The number of hydrogen-bond donors (Lipinski definition) is 1. The summed E-state index contributed by atoms with van der Waals surface area (Å²) in [5.74, 6) is -0.918. The molecule has 0 aromatic rings. The van der Waals surface area contributed by atoms with Crippen LogP contribution in [0.4, 0.5) is 4.79 Å². The van der Waals surface area contributed by atoms with Crippen LogP contribution in [0.15, 0.2) is 0 Å². The standard InChI is InChI=1S/C15H27N3O3/c1-16(2)10-13-8-5-9-17(13)15(21)18(11-14(19)20)12-6-3-4-7-12/h12-13H,3-11H2,1-2H3,(H,19,20). The molecule has 6 heteroatoms. The molecule has 0 bridgehead atoms. The lowest BCUT2D eigenvalue weighted by atomic mass is 10.2. The molecule has 21 heavy (non-hydrogen) atoms. The number of aliphatic carboxylic acids is 1. The summed E-state index contributed by atoms with van der Waals surface area (Å²) in [6.07, 6.45) is 6.08. The second-order valence-electron chi connectivity index (χ2n) is 6.49. The Morgan fingerprint density at radius 1 is 1.14 bits per heavy atom. The Hall–Kier alpha value is -1.30. The van der Waals surface area contributed by atoms with Crippen LogP contribution in [0.3, 0.4) is 0 Å². The van der Waals surface area contributed by atoms with E-state index in [1.165, 1.54) is 0 Å². The number of nitrogens with zero attached hydrogens (tertiary/aromatic N) is 3. The van der Waals surface area contributed by atoms with Gasteiger partial charge in [0.2, 0.25) is 0 Å². The van der Waals surface area contributed by atoms with E-state index in [9.17, 15) is 9.59 Å². The van der Waals surface area contributed by atoms with E-state index in [4.69, 9.17) is 5.11 Å². The predicted octanol–water partition coefficient (Wildman–Crippen LogP) is 1.46. The number of likely N-dealkylation sites (tertiary alicyclic amines) is 1. The summed E-state index contributed by atoms with van der Waals surface area (Å²) >= 11 is 0. The van der Waals surface area contributed by atoms with E-state index in [1.807, 2.05) is 19.0 Å². The van der Waals surface area contributed by atoms with Gasteiger partial charge in [-0.25, -0.2) is 4.79 Å². The van der Waals surface area contributed by atoms with Gasteiger partial charge in [0.05, 0.1) is 0 Å². The van der Waals surface area contributed by atoms with Gasteiger partial charge < -0.3 is 19.8 Å². The molecule has 2 amide bonds. The van der Waals surface area contributed by atoms with Gasteiger partial charge in [0.15, 0.2) is 0 Å². The minimum absolute atomic E-state index is 0.0753. The zero-order valence-corrected chi connectivity index (χ0v) is 13.1. The lowest BCUT2D eigenvalue weighted by Crippen LogP contribution is -2.52. The maximum atomic E-state index is 12.8. The number of carbonyl (C=O) groups excluding carboxylic acids is 1. The summed E-state index contributed by atoms with van der Waals surface area (Å²) in [7, 11) is 4.01. The highest BCUT2D eigenvalue weighted by molar-refractivity contribution is 5.81. The van der Waals surface area contributed by atoms with Gasteiger partial charge in [0.1, 0.15) is 6.54 Å². The van der Waals surface area contributed by atoms with Crippen molar-refractivity contribution in [3.63, 3.8) is 0 Å². The Kier molecular flexibility index (Phi) is 5.45. The second-order valence-corrected chi connectivity index (χ2v) is 6.49. The molecule has 1 unspecified atom stereocenters. The summed E-state index contributed by atoms with van der Waals surface area (Å²) in [5, 5.41) is 9.13. The van der Waals surface area contributed by atoms with Crippen molar-refractivity contribution in [2.45, 2.75) is 50.6 Å². The number of amides is 2. The third-order valence-electron chi connectivity index (χ3n) is 4.52. The first-order valence-electron chi connectivity index (χ1n) is 7.93. The first kappa shape index (κ1) is 16.1. The second kappa shape index (κ2) is 7.11. The van der Waals surface area contributed by atoms with Crippen molar-refractivity contribution in [2.75, 3.05) is 33.7 Å². The van der Waals surface area contributed by atoms with E-state index in [2.05, 4.69) is 4.90 Å². The Morgan fingerprint density at radius 3 is 2.38 bits per heavy atom. The Balaban J connectivity index is 2.07. The van der Waals surface area contributed by atoms with Crippen LogP contribution in [0.2, 0.25) is 0 Å². The molecule has 1 saturated heterocycles. The molecule has 120 valence electrons. The van der Waals surface area contributed by atoms with Crippen molar-refractivity contribution in [2.24, 2.45) is 0 Å². The molecule has 0 aromatic carbocycles. The molecule has 1 heterocycles. The van der Waals surface area contributed by atoms with Crippen LogP contribution in [-0.4, -0.2) is 77.6 Å². The first-order valence-corrected chi connectivity index (χ1v) is 7.93. The summed E-state index contributed by atoms with van der Waals surface area (Å²) < 4.78 is 0. The monoisotopic (exact) mass is 297 g/mol. The van der Waals surface area contributed by atoms with Crippen molar-refractivity contribution in [3.05, 3.63) is 0 Å². The SMILES string of the molecule is CN(C)CC1CCCN1C(=O)N(CC(=O)O)C1CCCC1. The number of carboxylic acid groups (broad SMARTS) is 1. The lowest BCUT2D eigenvalue weighted by Gasteiger charge is -2.35. The van der Waals surface area contributed by atoms with Crippen LogP contribution in [-0.2, 0) is 4.79 Å². The van der Waals surface area contributed by atoms with Crippen molar-refractivity contribution in [3.8, 4) is 0 Å². The molecule has 6 nitrogen and oxygen atoms in total. The molecule has 2 aliphatic rings. The van der Waals surface area contributed by atoms with Crippen LogP contribution in [0.1, 0.15) is 38.5 Å². The Labute approximate surface area is 126 Å². The lowest BCUT2D eigenvalue weighted by molar-refractivity contribution is -0.138. The van der Waals surface area contributed by atoms with Gasteiger partial charge in [0.25, 0.3) is 0 Å². The van der Waals surface area contributed by atoms with Gasteiger partial charge in [-0.3, -0.25) is 4.79 Å². The summed E-state index contributed by atoms with van der Waals surface area (Å²) in [4.78, 5) is 29.5. The molecule has 2 rings (SSSR count). The van der Waals surface area contributed by atoms with Gasteiger partial charge in [-0.15, -0.1) is 0 Å². The first-order chi connectivity index (χ1) is 9.99. The molecule has 0 aromatic heterocycles. The molecule has 1 atom stereocenters. The fraction of sp³-hybridized carbons (Fsp3) is 0.867. The van der Waals surface area contributed by atoms with E-state index < -0.39 is 5.97 Å². The van der Waals surface area contributed by atoms with Gasteiger partial charge in [-0.05, 0) is 39.8 Å². The molecule has 1 aliphatic heterocycles. The smallest absolute Gasteiger partial charge is 0.323 e. The molecular formula is C15H27N3O3.